The van der Waals surface area contributed by atoms with E-state index >= 15 is 0 Å². The number of carboxylic acids is 1. The van der Waals surface area contributed by atoms with Crippen molar-refractivity contribution in [3.05, 3.63) is 22.7 Å². The molecule has 0 fully saturated rings. The summed E-state index contributed by atoms with van der Waals surface area (Å²) in [5.74, 6) is -0.510. The maximum absolute atomic E-state index is 10.5. The number of carbonyl (C=O) groups is 1. The third-order valence-electron chi connectivity index (χ3n) is 1.74. The van der Waals surface area contributed by atoms with E-state index in [0.717, 1.165) is 0 Å². The Labute approximate surface area is 86.2 Å². The molecule has 0 aliphatic heterocycles. The first-order chi connectivity index (χ1) is 6.54. The summed E-state index contributed by atoms with van der Waals surface area (Å²) in [7, 11) is 1.46. The van der Waals surface area contributed by atoms with Crippen LogP contribution in [0.4, 0.5) is 5.69 Å². The molecule has 0 aliphatic carbocycles. The van der Waals surface area contributed by atoms with Gasteiger partial charge in [0.1, 0.15) is 5.75 Å². The van der Waals surface area contributed by atoms with Gasteiger partial charge in [-0.1, -0.05) is 11.6 Å². The first kappa shape index (κ1) is 10.7. The van der Waals surface area contributed by atoms with Crippen LogP contribution in [0.25, 0.3) is 0 Å². The van der Waals surface area contributed by atoms with Crippen LogP contribution in [-0.2, 0) is 11.2 Å². The normalized spacial score (nSPS) is 9.86. The van der Waals surface area contributed by atoms with Gasteiger partial charge < -0.3 is 15.6 Å². The van der Waals surface area contributed by atoms with Gasteiger partial charge in [-0.15, -0.1) is 0 Å². The second kappa shape index (κ2) is 4.19. The minimum Gasteiger partial charge on any atom is -0.495 e. The van der Waals surface area contributed by atoms with E-state index in [4.69, 9.17) is 27.2 Å². The molecule has 0 aromatic heterocycles. The molecule has 0 saturated heterocycles. The first-order valence-corrected chi connectivity index (χ1v) is 4.26. The number of aliphatic carboxylic acids is 1. The SMILES string of the molecule is COc1cc(CC(=O)O)c(Cl)cc1N. The molecule has 76 valence electrons. The van der Waals surface area contributed by atoms with Crippen LogP contribution >= 0.6 is 11.6 Å². The van der Waals surface area contributed by atoms with Crippen LogP contribution in [0.1, 0.15) is 5.56 Å². The Morgan fingerprint density at radius 1 is 1.64 bits per heavy atom. The Morgan fingerprint density at radius 3 is 2.79 bits per heavy atom. The maximum atomic E-state index is 10.5. The second-order valence-electron chi connectivity index (χ2n) is 2.76. The standard InChI is InChI=1S/C9H10ClNO3/c1-14-8-2-5(3-9(12)13)6(10)4-7(8)11/h2,4H,3,11H2,1H3,(H,12,13). The van der Waals surface area contributed by atoms with Crippen LogP contribution < -0.4 is 10.5 Å². The van der Waals surface area contributed by atoms with E-state index in [1.54, 1.807) is 0 Å². The predicted octanol–water partition coefficient (Wildman–Crippen LogP) is 1.56. The Hall–Kier alpha value is -1.42. The summed E-state index contributed by atoms with van der Waals surface area (Å²) in [6.07, 6.45) is -0.143. The number of methoxy groups -OCH3 is 1. The molecule has 4 nitrogen and oxygen atoms in total. The summed E-state index contributed by atoms with van der Waals surface area (Å²) in [4.78, 5) is 10.5. The molecule has 0 aliphatic rings. The predicted molar refractivity (Wildman–Crippen MR) is 53.8 cm³/mol. The van der Waals surface area contributed by atoms with Gasteiger partial charge in [0.25, 0.3) is 0 Å². The molecule has 3 N–H and O–H groups in total. The Bertz CT molecular complexity index is 365. The van der Waals surface area contributed by atoms with Crippen molar-refractivity contribution in [3.63, 3.8) is 0 Å². The molecule has 0 radical (unpaired) electrons. The lowest BCUT2D eigenvalue weighted by atomic mass is 10.1. The van der Waals surface area contributed by atoms with Crippen LogP contribution in [0, 0.1) is 0 Å². The summed E-state index contributed by atoms with van der Waals surface area (Å²) in [5, 5.41) is 8.93. The molecule has 0 atom stereocenters. The largest absolute Gasteiger partial charge is 0.495 e. The number of hydrogen-bond acceptors (Lipinski definition) is 3. The van der Waals surface area contributed by atoms with Crippen molar-refractivity contribution in [2.75, 3.05) is 12.8 Å². The molecule has 1 aromatic rings. The van der Waals surface area contributed by atoms with E-state index in [0.29, 0.717) is 22.0 Å². The van der Waals surface area contributed by atoms with Crippen molar-refractivity contribution < 1.29 is 14.6 Å². The fourth-order valence-corrected chi connectivity index (χ4v) is 1.32. The van der Waals surface area contributed by atoms with Gasteiger partial charge in [0.15, 0.2) is 0 Å². The number of carboxylic acid groups (broad SMARTS) is 1. The van der Waals surface area contributed by atoms with Gasteiger partial charge >= 0.3 is 5.97 Å². The molecule has 1 aromatic carbocycles. The molecule has 14 heavy (non-hydrogen) atoms. The highest BCUT2D eigenvalue weighted by molar-refractivity contribution is 6.31. The van der Waals surface area contributed by atoms with Crippen LogP contribution in [0.2, 0.25) is 5.02 Å². The molecule has 1 rings (SSSR count). The van der Waals surface area contributed by atoms with Crippen LogP contribution in [-0.4, -0.2) is 18.2 Å². The number of nitrogen functional groups attached to an aromatic ring is 1. The lowest BCUT2D eigenvalue weighted by molar-refractivity contribution is -0.136. The summed E-state index contributed by atoms with van der Waals surface area (Å²) in [5.41, 5.74) is 6.46. The molecular weight excluding hydrogens is 206 g/mol. The molecule has 0 saturated carbocycles. The van der Waals surface area contributed by atoms with E-state index in [1.807, 2.05) is 0 Å². The van der Waals surface area contributed by atoms with Gasteiger partial charge in [-0.2, -0.15) is 0 Å². The quantitative estimate of drug-likeness (QED) is 0.751. The zero-order valence-corrected chi connectivity index (χ0v) is 8.34. The average molecular weight is 216 g/mol. The number of halogens is 1. The lowest BCUT2D eigenvalue weighted by Gasteiger charge is -2.08. The molecular formula is C9H10ClNO3. The van der Waals surface area contributed by atoms with Crippen molar-refractivity contribution in [2.24, 2.45) is 0 Å². The topological polar surface area (TPSA) is 72.5 Å². The average Bonchev–Trinajstić information content (AvgIpc) is 2.09. The second-order valence-corrected chi connectivity index (χ2v) is 3.16. The van der Waals surface area contributed by atoms with Crippen molar-refractivity contribution in [1.29, 1.82) is 0 Å². The molecule has 0 amide bonds. The van der Waals surface area contributed by atoms with E-state index in [9.17, 15) is 4.79 Å². The van der Waals surface area contributed by atoms with Gasteiger partial charge in [-0.25, -0.2) is 0 Å². The molecule has 0 unspecified atom stereocenters. The zero-order chi connectivity index (χ0) is 10.7. The number of rotatable bonds is 3. The molecule has 0 spiro atoms. The highest BCUT2D eigenvalue weighted by atomic mass is 35.5. The Morgan fingerprint density at radius 2 is 2.29 bits per heavy atom. The fraction of sp³-hybridized carbons (Fsp3) is 0.222. The van der Waals surface area contributed by atoms with Crippen molar-refractivity contribution in [3.8, 4) is 5.75 Å². The summed E-state index contributed by atoms with van der Waals surface area (Å²) >= 11 is 5.80. The molecule has 0 heterocycles. The van der Waals surface area contributed by atoms with Gasteiger partial charge in [-0.3, -0.25) is 4.79 Å². The third-order valence-corrected chi connectivity index (χ3v) is 2.09. The number of anilines is 1. The van der Waals surface area contributed by atoms with Crippen LogP contribution in [0.15, 0.2) is 12.1 Å². The number of ether oxygens (including phenoxy) is 1. The minimum absolute atomic E-state index is 0.143. The number of benzene rings is 1. The van der Waals surface area contributed by atoms with Crippen molar-refractivity contribution in [1.82, 2.24) is 0 Å². The summed E-state index contributed by atoms with van der Waals surface area (Å²) < 4.78 is 4.95. The maximum Gasteiger partial charge on any atom is 0.307 e. The van der Waals surface area contributed by atoms with E-state index in [2.05, 4.69) is 0 Å². The minimum atomic E-state index is -0.946. The highest BCUT2D eigenvalue weighted by Gasteiger charge is 2.09. The monoisotopic (exact) mass is 215 g/mol. The van der Waals surface area contributed by atoms with Crippen molar-refractivity contribution in [2.45, 2.75) is 6.42 Å². The van der Waals surface area contributed by atoms with Gasteiger partial charge in [0.05, 0.1) is 19.2 Å². The highest BCUT2D eigenvalue weighted by Crippen LogP contribution is 2.29. The Balaban J connectivity index is 3.10. The van der Waals surface area contributed by atoms with E-state index in [-0.39, 0.29) is 6.42 Å². The van der Waals surface area contributed by atoms with E-state index in [1.165, 1.54) is 19.2 Å². The third kappa shape index (κ3) is 2.29. The molecule has 5 heteroatoms. The first-order valence-electron chi connectivity index (χ1n) is 3.88. The zero-order valence-electron chi connectivity index (χ0n) is 7.58. The summed E-state index contributed by atoms with van der Waals surface area (Å²) in [6, 6.07) is 3.02. The lowest BCUT2D eigenvalue weighted by Crippen LogP contribution is -2.02. The smallest absolute Gasteiger partial charge is 0.307 e. The number of hydrogen-bond donors (Lipinski definition) is 2. The summed E-state index contributed by atoms with van der Waals surface area (Å²) in [6.45, 7) is 0. The van der Waals surface area contributed by atoms with E-state index < -0.39 is 5.97 Å². The van der Waals surface area contributed by atoms with Crippen molar-refractivity contribution >= 4 is 23.3 Å². The number of nitrogens with two attached hydrogens (primary N) is 1. The van der Waals surface area contributed by atoms with Crippen LogP contribution in [0.3, 0.4) is 0 Å². The van der Waals surface area contributed by atoms with Gasteiger partial charge in [0, 0.05) is 5.02 Å². The van der Waals surface area contributed by atoms with Crippen LogP contribution in [0.5, 0.6) is 5.75 Å². The van der Waals surface area contributed by atoms with Gasteiger partial charge in [0.2, 0.25) is 0 Å². The van der Waals surface area contributed by atoms with Gasteiger partial charge in [-0.05, 0) is 17.7 Å². The fourth-order valence-electron chi connectivity index (χ4n) is 1.09. The molecule has 0 bridgehead atoms. The Kier molecular flexibility index (Phi) is 3.19.